The number of carbonyl (C=O) groups excluding carboxylic acids is 1. The van der Waals surface area contributed by atoms with Crippen molar-refractivity contribution >= 4 is 5.91 Å². The summed E-state index contributed by atoms with van der Waals surface area (Å²) < 4.78 is 15.9. The largest absolute Gasteiger partial charge is 0.497 e. The highest BCUT2D eigenvalue weighted by Gasteiger charge is 2.34. The molecule has 5 nitrogen and oxygen atoms in total. The van der Waals surface area contributed by atoms with E-state index in [0.717, 1.165) is 16.9 Å². The predicted octanol–water partition coefficient (Wildman–Crippen LogP) is 3.91. The second-order valence-corrected chi connectivity index (χ2v) is 6.89. The molecule has 0 aliphatic heterocycles. The number of benzene rings is 2. The van der Waals surface area contributed by atoms with Gasteiger partial charge in [0.25, 0.3) is 0 Å². The van der Waals surface area contributed by atoms with Gasteiger partial charge in [0.15, 0.2) is 11.5 Å². The quantitative estimate of drug-likeness (QED) is 0.728. The van der Waals surface area contributed by atoms with Gasteiger partial charge >= 0.3 is 0 Å². The van der Waals surface area contributed by atoms with E-state index in [1.54, 1.807) is 21.3 Å². The SMILES string of the molecule is COc1ccc(CNC(=O)CC(c2ccc(OC)c(OC)c2)C2CC2)cc1. The van der Waals surface area contributed by atoms with Gasteiger partial charge in [-0.2, -0.15) is 0 Å². The van der Waals surface area contributed by atoms with Crippen LogP contribution >= 0.6 is 0 Å². The van der Waals surface area contributed by atoms with Crippen molar-refractivity contribution in [2.75, 3.05) is 21.3 Å². The van der Waals surface area contributed by atoms with Gasteiger partial charge in [0, 0.05) is 13.0 Å². The van der Waals surface area contributed by atoms with Crippen LogP contribution in [-0.2, 0) is 11.3 Å². The molecule has 1 saturated carbocycles. The van der Waals surface area contributed by atoms with E-state index in [2.05, 4.69) is 5.32 Å². The fourth-order valence-electron chi connectivity index (χ4n) is 3.35. The summed E-state index contributed by atoms with van der Waals surface area (Å²) in [6, 6.07) is 13.7. The highest BCUT2D eigenvalue weighted by Crippen LogP contribution is 2.46. The summed E-state index contributed by atoms with van der Waals surface area (Å²) in [4.78, 5) is 12.5. The van der Waals surface area contributed by atoms with Crippen molar-refractivity contribution in [3.63, 3.8) is 0 Å². The van der Waals surface area contributed by atoms with Gasteiger partial charge in [0.1, 0.15) is 5.75 Å². The molecule has 2 aromatic carbocycles. The average Bonchev–Trinajstić information content (AvgIpc) is 3.55. The van der Waals surface area contributed by atoms with E-state index in [1.165, 1.54) is 12.8 Å². The van der Waals surface area contributed by atoms with Gasteiger partial charge in [-0.25, -0.2) is 0 Å². The molecule has 1 fully saturated rings. The Labute approximate surface area is 160 Å². The molecule has 3 rings (SSSR count). The first-order valence-corrected chi connectivity index (χ1v) is 9.26. The van der Waals surface area contributed by atoms with Crippen LogP contribution in [0.2, 0.25) is 0 Å². The van der Waals surface area contributed by atoms with Crippen LogP contribution in [0.4, 0.5) is 0 Å². The van der Waals surface area contributed by atoms with E-state index < -0.39 is 0 Å². The number of methoxy groups -OCH3 is 3. The molecule has 1 atom stereocenters. The van der Waals surface area contributed by atoms with Crippen molar-refractivity contribution in [2.45, 2.75) is 31.7 Å². The van der Waals surface area contributed by atoms with Crippen LogP contribution < -0.4 is 19.5 Å². The summed E-state index contributed by atoms with van der Waals surface area (Å²) in [5, 5.41) is 3.03. The molecule has 1 unspecified atom stereocenters. The number of carbonyl (C=O) groups is 1. The van der Waals surface area contributed by atoms with Crippen molar-refractivity contribution in [3.8, 4) is 17.2 Å². The lowest BCUT2D eigenvalue weighted by Gasteiger charge is -2.18. The Morgan fingerprint density at radius 3 is 2.30 bits per heavy atom. The Bertz CT molecular complexity index is 768. The number of rotatable bonds is 9. The summed E-state index contributed by atoms with van der Waals surface area (Å²) >= 11 is 0. The van der Waals surface area contributed by atoms with Crippen molar-refractivity contribution in [1.82, 2.24) is 5.32 Å². The third kappa shape index (κ3) is 4.94. The van der Waals surface area contributed by atoms with E-state index in [1.807, 2.05) is 42.5 Å². The molecule has 1 aliphatic rings. The summed E-state index contributed by atoms with van der Waals surface area (Å²) in [7, 11) is 4.90. The van der Waals surface area contributed by atoms with E-state index in [-0.39, 0.29) is 11.8 Å². The van der Waals surface area contributed by atoms with Crippen LogP contribution in [0.25, 0.3) is 0 Å². The van der Waals surface area contributed by atoms with Crippen LogP contribution in [0, 0.1) is 5.92 Å². The molecule has 0 bridgehead atoms. The molecule has 1 amide bonds. The van der Waals surface area contributed by atoms with E-state index in [0.29, 0.717) is 30.4 Å². The van der Waals surface area contributed by atoms with Gasteiger partial charge in [-0.1, -0.05) is 18.2 Å². The van der Waals surface area contributed by atoms with Gasteiger partial charge in [-0.15, -0.1) is 0 Å². The van der Waals surface area contributed by atoms with Crippen LogP contribution in [0.15, 0.2) is 42.5 Å². The highest BCUT2D eigenvalue weighted by atomic mass is 16.5. The zero-order valence-corrected chi connectivity index (χ0v) is 16.2. The first-order valence-electron chi connectivity index (χ1n) is 9.26. The lowest BCUT2D eigenvalue weighted by Crippen LogP contribution is -2.25. The smallest absolute Gasteiger partial charge is 0.220 e. The van der Waals surface area contributed by atoms with Crippen molar-refractivity contribution in [2.24, 2.45) is 5.92 Å². The third-order valence-electron chi connectivity index (χ3n) is 5.08. The van der Waals surface area contributed by atoms with Crippen LogP contribution in [0.5, 0.6) is 17.2 Å². The maximum Gasteiger partial charge on any atom is 0.220 e. The zero-order chi connectivity index (χ0) is 19.2. The number of nitrogens with one attached hydrogen (secondary N) is 1. The molecule has 2 aromatic rings. The van der Waals surface area contributed by atoms with Crippen LogP contribution in [0.1, 0.15) is 36.3 Å². The van der Waals surface area contributed by atoms with Gasteiger partial charge in [-0.05, 0) is 60.1 Å². The van der Waals surface area contributed by atoms with Gasteiger partial charge in [0.05, 0.1) is 21.3 Å². The normalized spacial score (nSPS) is 14.3. The second kappa shape index (κ2) is 8.80. The third-order valence-corrected chi connectivity index (χ3v) is 5.08. The molecule has 0 spiro atoms. The maximum absolute atomic E-state index is 12.5. The first-order chi connectivity index (χ1) is 13.1. The fraction of sp³-hybridized carbons (Fsp3) is 0.409. The lowest BCUT2D eigenvalue weighted by atomic mass is 9.90. The highest BCUT2D eigenvalue weighted by molar-refractivity contribution is 5.77. The summed E-state index contributed by atoms with van der Waals surface area (Å²) in [6.07, 6.45) is 2.83. The van der Waals surface area contributed by atoms with Crippen molar-refractivity contribution < 1.29 is 19.0 Å². The summed E-state index contributed by atoms with van der Waals surface area (Å²) in [5.74, 6) is 3.07. The standard InChI is InChI=1S/C22H27NO4/c1-25-18-9-4-15(5-10-18)14-23-22(24)13-19(16-6-7-16)17-8-11-20(26-2)21(12-17)27-3/h4-5,8-12,16,19H,6-7,13-14H2,1-3H3,(H,23,24). The molecular weight excluding hydrogens is 342 g/mol. The molecule has 144 valence electrons. The van der Waals surface area contributed by atoms with Crippen molar-refractivity contribution in [3.05, 3.63) is 53.6 Å². The summed E-state index contributed by atoms with van der Waals surface area (Å²) in [5.41, 5.74) is 2.19. The van der Waals surface area contributed by atoms with E-state index in [9.17, 15) is 4.79 Å². The van der Waals surface area contributed by atoms with Crippen LogP contribution in [-0.4, -0.2) is 27.2 Å². The molecule has 0 radical (unpaired) electrons. The van der Waals surface area contributed by atoms with Gasteiger partial charge in [-0.3, -0.25) is 4.79 Å². The van der Waals surface area contributed by atoms with Crippen molar-refractivity contribution in [1.29, 1.82) is 0 Å². The van der Waals surface area contributed by atoms with Crippen LogP contribution in [0.3, 0.4) is 0 Å². The molecule has 1 aliphatic carbocycles. The molecule has 0 aromatic heterocycles. The van der Waals surface area contributed by atoms with E-state index in [4.69, 9.17) is 14.2 Å². The topological polar surface area (TPSA) is 56.8 Å². The fourth-order valence-corrected chi connectivity index (χ4v) is 3.35. The minimum absolute atomic E-state index is 0.0671. The van der Waals surface area contributed by atoms with E-state index >= 15 is 0 Å². The number of hydrogen-bond acceptors (Lipinski definition) is 4. The molecule has 0 saturated heterocycles. The molecule has 0 heterocycles. The molecule has 5 heteroatoms. The second-order valence-electron chi connectivity index (χ2n) is 6.89. The number of ether oxygens (including phenoxy) is 3. The first kappa shape index (κ1) is 19.1. The number of amides is 1. The predicted molar refractivity (Wildman–Crippen MR) is 104 cm³/mol. The molecule has 1 N–H and O–H groups in total. The molecule has 27 heavy (non-hydrogen) atoms. The average molecular weight is 369 g/mol. The number of hydrogen-bond donors (Lipinski definition) is 1. The van der Waals surface area contributed by atoms with Gasteiger partial charge < -0.3 is 19.5 Å². The minimum atomic E-state index is 0.0671. The molecular formula is C22H27NO4. The lowest BCUT2D eigenvalue weighted by molar-refractivity contribution is -0.121. The Hall–Kier alpha value is -2.69. The minimum Gasteiger partial charge on any atom is -0.497 e. The monoisotopic (exact) mass is 369 g/mol. The maximum atomic E-state index is 12.5. The summed E-state index contributed by atoms with van der Waals surface area (Å²) in [6.45, 7) is 0.520. The zero-order valence-electron chi connectivity index (χ0n) is 16.2. The Morgan fingerprint density at radius 2 is 1.70 bits per heavy atom. The Balaban J connectivity index is 1.63. The van der Waals surface area contributed by atoms with Gasteiger partial charge in [0.2, 0.25) is 5.91 Å². The Kier molecular flexibility index (Phi) is 6.22. The Morgan fingerprint density at radius 1 is 1.00 bits per heavy atom.